The standard InChI is InChI=1S/C24H26N2O5/c1-15-5-6-16(2)18(13-15)26-23(27)21(17-7-8-19(29-3)20(14-17)30-4)22(24(26)28)25-9-11-31-12-10-25/h5-8,13-14H,9-12H2,1-4H3. The summed E-state index contributed by atoms with van der Waals surface area (Å²) >= 11 is 0. The summed E-state index contributed by atoms with van der Waals surface area (Å²) in [6.45, 7) is 5.95. The number of methoxy groups -OCH3 is 2. The van der Waals surface area contributed by atoms with E-state index in [0.29, 0.717) is 60.3 Å². The molecule has 2 aromatic rings. The lowest BCUT2D eigenvalue weighted by molar-refractivity contribution is -0.121. The van der Waals surface area contributed by atoms with Gasteiger partial charge in [0.2, 0.25) is 0 Å². The van der Waals surface area contributed by atoms with Crippen LogP contribution in [-0.4, -0.2) is 57.2 Å². The minimum atomic E-state index is -0.340. The van der Waals surface area contributed by atoms with Crippen LogP contribution in [0.4, 0.5) is 5.69 Å². The molecule has 7 heteroatoms. The number of carbonyl (C=O) groups is 2. The zero-order valence-electron chi connectivity index (χ0n) is 18.2. The zero-order chi connectivity index (χ0) is 22.1. The minimum Gasteiger partial charge on any atom is -0.493 e. The van der Waals surface area contributed by atoms with Gasteiger partial charge in [-0.25, -0.2) is 4.90 Å². The molecule has 0 saturated carbocycles. The van der Waals surface area contributed by atoms with Crippen LogP contribution in [0.25, 0.3) is 5.57 Å². The smallest absolute Gasteiger partial charge is 0.282 e. The molecule has 7 nitrogen and oxygen atoms in total. The molecule has 0 unspecified atom stereocenters. The zero-order valence-corrected chi connectivity index (χ0v) is 18.2. The number of hydrogen-bond donors (Lipinski definition) is 0. The molecule has 0 N–H and O–H groups in total. The van der Waals surface area contributed by atoms with Gasteiger partial charge >= 0.3 is 0 Å². The number of rotatable bonds is 5. The van der Waals surface area contributed by atoms with Crippen molar-refractivity contribution in [2.45, 2.75) is 13.8 Å². The summed E-state index contributed by atoms with van der Waals surface area (Å²) in [5, 5.41) is 0. The first-order valence-electron chi connectivity index (χ1n) is 10.2. The molecule has 0 aliphatic carbocycles. The summed E-state index contributed by atoms with van der Waals surface area (Å²) in [4.78, 5) is 30.6. The van der Waals surface area contributed by atoms with E-state index in [1.54, 1.807) is 32.4 Å². The van der Waals surface area contributed by atoms with Gasteiger partial charge in [0, 0.05) is 13.1 Å². The van der Waals surface area contributed by atoms with Crippen LogP contribution >= 0.6 is 0 Å². The van der Waals surface area contributed by atoms with E-state index in [1.165, 1.54) is 4.90 Å². The van der Waals surface area contributed by atoms with Crippen molar-refractivity contribution >= 4 is 23.1 Å². The average molecular weight is 422 g/mol. The number of anilines is 1. The summed E-state index contributed by atoms with van der Waals surface area (Å²) in [5.74, 6) is 0.403. The van der Waals surface area contributed by atoms with Gasteiger partial charge in [-0.05, 0) is 48.7 Å². The van der Waals surface area contributed by atoms with E-state index in [2.05, 4.69) is 0 Å². The number of aryl methyl sites for hydroxylation is 2. The van der Waals surface area contributed by atoms with Crippen molar-refractivity contribution in [3.05, 3.63) is 58.8 Å². The van der Waals surface area contributed by atoms with Gasteiger partial charge in [-0.1, -0.05) is 18.2 Å². The van der Waals surface area contributed by atoms with Gasteiger partial charge < -0.3 is 19.1 Å². The maximum Gasteiger partial charge on any atom is 0.282 e. The fourth-order valence-corrected chi connectivity index (χ4v) is 4.03. The fraction of sp³-hybridized carbons (Fsp3) is 0.333. The molecule has 0 atom stereocenters. The average Bonchev–Trinajstić information content (AvgIpc) is 3.05. The van der Waals surface area contributed by atoms with Crippen LogP contribution in [0.15, 0.2) is 42.1 Å². The van der Waals surface area contributed by atoms with E-state index < -0.39 is 0 Å². The Morgan fingerprint density at radius 3 is 2.26 bits per heavy atom. The van der Waals surface area contributed by atoms with Crippen LogP contribution in [0.3, 0.4) is 0 Å². The first-order chi connectivity index (χ1) is 15.0. The summed E-state index contributed by atoms with van der Waals surface area (Å²) < 4.78 is 16.2. The van der Waals surface area contributed by atoms with Crippen LogP contribution in [0.1, 0.15) is 16.7 Å². The van der Waals surface area contributed by atoms with E-state index in [4.69, 9.17) is 14.2 Å². The first kappa shape index (κ1) is 20.9. The molecule has 0 bridgehead atoms. The Bertz CT molecular complexity index is 1070. The lowest BCUT2D eigenvalue weighted by Gasteiger charge is -2.29. The predicted octanol–water partition coefficient (Wildman–Crippen LogP) is 2.94. The van der Waals surface area contributed by atoms with Crippen molar-refractivity contribution in [1.29, 1.82) is 0 Å². The molecule has 2 heterocycles. The third-order valence-electron chi connectivity index (χ3n) is 5.66. The van der Waals surface area contributed by atoms with Gasteiger partial charge in [0.05, 0.1) is 38.7 Å². The Morgan fingerprint density at radius 2 is 1.58 bits per heavy atom. The van der Waals surface area contributed by atoms with E-state index in [9.17, 15) is 9.59 Å². The third kappa shape index (κ3) is 3.65. The Hall–Kier alpha value is -3.32. The summed E-state index contributed by atoms with van der Waals surface area (Å²) in [6.07, 6.45) is 0. The number of carbonyl (C=O) groups excluding carboxylic acids is 2. The molecular formula is C24H26N2O5. The minimum absolute atomic E-state index is 0.314. The highest BCUT2D eigenvalue weighted by molar-refractivity contribution is 6.45. The maximum absolute atomic E-state index is 13.7. The Morgan fingerprint density at radius 1 is 0.871 bits per heavy atom. The van der Waals surface area contributed by atoms with Gasteiger partial charge in [-0.2, -0.15) is 0 Å². The van der Waals surface area contributed by atoms with Crippen LogP contribution in [0.5, 0.6) is 11.5 Å². The van der Waals surface area contributed by atoms with Crippen molar-refractivity contribution in [2.75, 3.05) is 45.4 Å². The van der Waals surface area contributed by atoms with E-state index >= 15 is 0 Å². The van der Waals surface area contributed by atoms with Crippen LogP contribution in [-0.2, 0) is 14.3 Å². The molecule has 1 saturated heterocycles. The van der Waals surface area contributed by atoms with Crippen LogP contribution in [0, 0.1) is 13.8 Å². The van der Waals surface area contributed by atoms with Crippen molar-refractivity contribution in [3.63, 3.8) is 0 Å². The Kier molecular flexibility index (Phi) is 5.69. The Labute approximate surface area is 181 Å². The number of benzene rings is 2. The second kappa shape index (κ2) is 8.43. The first-order valence-corrected chi connectivity index (χ1v) is 10.2. The maximum atomic E-state index is 13.7. The normalized spacial score (nSPS) is 16.9. The monoisotopic (exact) mass is 422 g/mol. The second-order valence-electron chi connectivity index (χ2n) is 7.63. The molecule has 0 aromatic heterocycles. The molecule has 2 aliphatic rings. The summed E-state index contributed by atoms with van der Waals surface area (Å²) in [7, 11) is 3.10. The van der Waals surface area contributed by atoms with E-state index in [-0.39, 0.29) is 11.8 Å². The van der Waals surface area contributed by atoms with Gasteiger partial charge in [0.15, 0.2) is 11.5 Å². The molecule has 2 aliphatic heterocycles. The van der Waals surface area contributed by atoms with Crippen molar-refractivity contribution in [3.8, 4) is 11.5 Å². The molecular weight excluding hydrogens is 396 g/mol. The fourth-order valence-electron chi connectivity index (χ4n) is 4.03. The number of nitrogens with zero attached hydrogens (tertiary/aromatic N) is 2. The molecule has 1 fully saturated rings. The lowest BCUT2D eigenvalue weighted by atomic mass is 10.0. The number of imide groups is 1. The highest BCUT2D eigenvalue weighted by Gasteiger charge is 2.43. The molecule has 4 rings (SSSR count). The highest BCUT2D eigenvalue weighted by Crippen LogP contribution is 2.39. The largest absolute Gasteiger partial charge is 0.493 e. The number of ether oxygens (including phenoxy) is 3. The molecule has 2 aromatic carbocycles. The highest BCUT2D eigenvalue weighted by atomic mass is 16.5. The SMILES string of the molecule is COc1ccc(C2=C(N3CCOCC3)C(=O)N(c3cc(C)ccc3C)C2=O)cc1OC. The molecule has 0 radical (unpaired) electrons. The number of morpholine rings is 1. The predicted molar refractivity (Wildman–Crippen MR) is 117 cm³/mol. The topological polar surface area (TPSA) is 68.3 Å². The molecule has 0 spiro atoms. The van der Waals surface area contributed by atoms with Crippen LogP contribution in [0.2, 0.25) is 0 Å². The van der Waals surface area contributed by atoms with Crippen LogP contribution < -0.4 is 14.4 Å². The van der Waals surface area contributed by atoms with Crippen molar-refractivity contribution in [2.24, 2.45) is 0 Å². The van der Waals surface area contributed by atoms with Crippen molar-refractivity contribution < 1.29 is 23.8 Å². The summed E-state index contributed by atoms with van der Waals surface area (Å²) in [6, 6.07) is 11.0. The summed E-state index contributed by atoms with van der Waals surface area (Å²) in [5.41, 5.74) is 3.84. The quantitative estimate of drug-likeness (QED) is 0.691. The van der Waals surface area contributed by atoms with E-state index in [0.717, 1.165) is 11.1 Å². The van der Waals surface area contributed by atoms with Gasteiger partial charge in [-0.15, -0.1) is 0 Å². The second-order valence-corrected chi connectivity index (χ2v) is 7.63. The molecule has 31 heavy (non-hydrogen) atoms. The number of hydrogen-bond acceptors (Lipinski definition) is 6. The number of amides is 2. The molecule has 2 amide bonds. The third-order valence-corrected chi connectivity index (χ3v) is 5.66. The van der Waals surface area contributed by atoms with Crippen molar-refractivity contribution in [1.82, 2.24) is 4.90 Å². The van der Waals surface area contributed by atoms with E-state index in [1.807, 2.05) is 36.9 Å². The molecule has 162 valence electrons. The lowest BCUT2D eigenvalue weighted by Crippen LogP contribution is -2.40. The Balaban J connectivity index is 1.87. The van der Waals surface area contributed by atoms with Gasteiger partial charge in [-0.3, -0.25) is 9.59 Å². The van der Waals surface area contributed by atoms with Gasteiger partial charge in [0.1, 0.15) is 5.70 Å². The van der Waals surface area contributed by atoms with Gasteiger partial charge in [0.25, 0.3) is 11.8 Å².